The van der Waals surface area contributed by atoms with Crippen molar-refractivity contribution in [3.05, 3.63) is 23.8 Å². The molecule has 0 aliphatic carbocycles. The maximum atomic E-state index is 12.7. The number of hydrogen-bond acceptors (Lipinski definition) is 3. The number of ether oxygens (including phenoxy) is 2. The van der Waals surface area contributed by atoms with Gasteiger partial charge in [-0.15, -0.1) is 0 Å². The van der Waals surface area contributed by atoms with Gasteiger partial charge in [-0.25, -0.2) is 0 Å². The minimum atomic E-state index is -0.552. The molecule has 0 atom stereocenters. The van der Waals surface area contributed by atoms with Gasteiger partial charge in [0.1, 0.15) is 0 Å². The SMILES string of the molecule is COc1ccc(C(C)(C)C(=O)N2CCCC2)cc1OC. The number of hydrogen-bond donors (Lipinski definition) is 0. The average molecular weight is 277 g/mol. The molecule has 1 heterocycles. The highest BCUT2D eigenvalue weighted by Gasteiger charge is 2.35. The van der Waals surface area contributed by atoms with Crippen molar-refractivity contribution in [1.82, 2.24) is 4.90 Å². The zero-order valence-electron chi connectivity index (χ0n) is 12.7. The topological polar surface area (TPSA) is 38.8 Å². The predicted octanol–water partition coefficient (Wildman–Crippen LogP) is 2.60. The van der Waals surface area contributed by atoms with Crippen molar-refractivity contribution in [2.24, 2.45) is 0 Å². The Morgan fingerprint density at radius 1 is 1.10 bits per heavy atom. The molecule has 1 saturated heterocycles. The third kappa shape index (κ3) is 2.60. The molecule has 1 aromatic rings. The van der Waals surface area contributed by atoms with E-state index in [-0.39, 0.29) is 5.91 Å². The molecule has 0 saturated carbocycles. The lowest BCUT2D eigenvalue weighted by molar-refractivity contribution is -0.135. The summed E-state index contributed by atoms with van der Waals surface area (Å²) in [4.78, 5) is 14.6. The van der Waals surface area contributed by atoms with Gasteiger partial charge in [0.25, 0.3) is 0 Å². The number of carbonyl (C=O) groups excluding carboxylic acids is 1. The molecule has 4 heteroatoms. The van der Waals surface area contributed by atoms with Gasteiger partial charge in [0.2, 0.25) is 5.91 Å². The van der Waals surface area contributed by atoms with Crippen LogP contribution in [0, 0.1) is 0 Å². The normalized spacial score (nSPS) is 15.3. The zero-order valence-corrected chi connectivity index (χ0v) is 12.7. The molecule has 20 heavy (non-hydrogen) atoms. The van der Waals surface area contributed by atoms with Crippen molar-refractivity contribution >= 4 is 5.91 Å². The summed E-state index contributed by atoms with van der Waals surface area (Å²) in [5, 5.41) is 0. The first-order chi connectivity index (χ1) is 9.50. The van der Waals surface area contributed by atoms with E-state index in [2.05, 4.69) is 0 Å². The highest BCUT2D eigenvalue weighted by Crippen LogP contribution is 2.34. The Hall–Kier alpha value is -1.71. The van der Waals surface area contributed by atoms with Crippen molar-refractivity contribution < 1.29 is 14.3 Å². The summed E-state index contributed by atoms with van der Waals surface area (Å²) in [7, 11) is 3.22. The Balaban J connectivity index is 2.30. The molecule has 2 rings (SSSR count). The summed E-state index contributed by atoms with van der Waals surface area (Å²) in [5.41, 5.74) is 0.399. The van der Waals surface area contributed by atoms with E-state index in [0.29, 0.717) is 11.5 Å². The largest absolute Gasteiger partial charge is 0.493 e. The van der Waals surface area contributed by atoms with Gasteiger partial charge in [-0.2, -0.15) is 0 Å². The Morgan fingerprint density at radius 2 is 1.70 bits per heavy atom. The van der Waals surface area contributed by atoms with Crippen molar-refractivity contribution in [3.63, 3.8) is 0 Å². The fourth-order valence-electron chi connectivity index (χ4n) is 2.66. The van der Waals surface area contributed by atoms with Gasteiger partial charge in [-0.1, -0.05) is 6.07 Å². The molecule has 1 aliphatic rings. The molecule has 0 unspecified atom stereocenters. The molecule has 0 N–H and O–H groups in total. The highest BCUT2D eigenvalue weighted by atomic mass is 16.5. The van der Waals surface area contributed by atoms with Gasteiger partial charge in [0, 0.05) is 13.1 Å². The number of amides is 1. The fraction of sp³-hybridized carbons (Fsp3) is 0.562. The first-order valence-electron chi connectivity index (χ1n) is 7.02. The van der Waals surface area contributed by atoms with Gasteiger partial charge in [-0.3, -0.25) is 4.79 Å². The van der Waals surface area contributed by atoms with Crippen molar-refractivity contribution in [1.29, 1.82) is 0 Å². The maximum Gasteiger partial charge on any atom is 0.232 e. The third-order valence-corrected chi connectivity index (χ3v) is 4.03. The lowest BCUT2D eigenvalue weighted by Gasteiger charge is -2.30. The summed E-state index contributed by atoms with van der Waals surface area (Å²) < 4.78 is 10.6. The van der Waals surface area contributed by atoms with Crippen LogP contribution in [0.5, 0.6) is 11.5 Å². The number of likely N-dealkylation sites (tertiary alicyclic amines) is 1. The monoisotopic (exact) mass is 277 g/mol. The number of carbonyl (C=O) groups is 1. The summed E-state index contributed by atoms with van der Waals surface area (Å²) in [6.45, 7) is 5.68. The van der Waals surface area contributed by atoms with E-state index in [1.54, 1.807) is 14.2 Å². The van der Waals surface area contributed by atoms with Gasteiger partial charge < -0.3 is 14.4 Å². The summed E-state index contributed by atoms with van der Waals surface area (Å²) in [6, 6.07) is 5.69. The van der Waals surface area contributed by atoms with E-state index in [9.17, 15) is 4.79 Å². The molecule has 1 aromatic carbocycles. The predicted molar refractivity (Wildman–Crippen MR) is 78.4 cm³/mol. The molecule has 1 fully saturated rings. The number of rotatable bonds is 4. The summed E-state index contributed by atoms with van der Waals surface area (Å²) in [5.74, 6) is 1.52. The molecule has 0 aromatic heterocycles. The second-order valence-corrected chi connectivity index (χ2v) is 5.69. The van der Waals surface area contributed by atoms with Crippen LogP contribution in [0.25, 0.3) is 0 Å². The first-order valence-corrected chi connectivity index (χ1v) is 7.02. The van der Waals surface area contributed by atoms with Crippen molar-refractivity contribution in [3.8, 4) is 11.5 Å². The van der Waals surface area contributed by atoms with E-state index in [4.69, 9.17) is 9.47 Å². The maximum absolute atomic E-state index is 12.7. The molecule has 0 spiro atoms. The van der Waals surface area contributed by atoms with Crippen LogP contribution >= 0.6 is 0 Å². The fourth-order valence-corrected chi connectivity index (χ4v) is 2.66. The van der Waals surface area contributed by atoms with Crippen LogP contribution in [0.1, 0.15) is 32.3 Å². The van der Waals surface area contributed by atoms with Crippen LogP contribution in [0.3, 0.4) is 0 Å². The summed E-state index contributed by atoms with van der Waals surface area (Å²) in [6.07, 6.45) is 2.21. The molecule has 0 radical (unpaired) electrons. The number of methoxy groups -OCH3 is 2. The molecule has 4 nitrogen and oxygen atoms in total. The Labute approximate surface area is 120 Å². The highest BCUT2D eigenvalue weighted by molar-refractivity contribution is 5.87. The third-order valence-electron chi connectivity index (χ3n) is 4.03. The zero-order chi connectivity index (χ0) is 14.8. The van der Waals surface area contributed by atoms with Crippen LogP contribution in [-0.4, -0.2) is 38.1 Å². The van der Waals surface area contributed by atoms with Crippen molar-refractivity contribution in [2.45, 2.75) is 32.1 Å². The smallest absolute Gasteiger partial charge is 0.232 e. The molecular weight excluding hydrogens is 254 g/mol. The van der Waals surface area contributed by atoms with Crippen LogP contribution in [0.15, 0.2) is 18.2 Å². The van der Waals surface area contributed by atoms with E-state index in [1.807, 2.05) is 36.9 Å². The quantitative estimate of drug-likeness (QED) is 0.849. The second kappa shape index (κ2) is 5.73. The minimum Gasteiger partial charge on any atom is -0.493 e. The van der Waals surface area contributed by atoms with Crippen LogP contribution < -0.4 is 9.47 Å². The van der Waals surface area contributed by atoms with Gasteiger partial charge in [-0.05, 0) is 44.4 Å². The Kier molecular flexibility index (Phi) is 4.21. The lowest BCUT2D eigenvalue weighted by Crippen LogP contribution is -2.41. The second-order valence-electron chi connectivity index (χ2n) is 5.69. The van der Waals surface area contributed by atoms with Gasteiger partial charge in [0.05, 0.1) is 19.6 Å². The molecule has 1 amide bonds. The Morgan fingerprint density at radius 3 is 2.25 bits per heavy atom. The van der Waals surface area contributed by atoms with E-state index >= 15 is 0 Å². The minimum absolute atomic E-state index is 0.183. The number of benzene rings is 1. The van der Waals surface area contributed by atoms with E-state index < -0.39 is 5.41 Å². The van der Waals surface area contributed by atoms with Crippen LogP contribution in [0.4, 0.5) is 0 Å². The van der Waals surface area contributed by atoms with Crippen LogP contribution in [0.2, 0.25) is 0 Å². The number of nitrogens with zero attached hydrogens (tertiary/aromatic N) is 1. The average Bonchev–Trinajstić information content (AvgIpc) is 2.99. The van der Waals surface area contributed by atoms with E-state index in [1.165, 1.54) is 0 Å². The molecule has 1 aliphatic heterocycles. The molecular formula is C16H23NO3. The van der Waals surface area contributed by atoms with Gasteiger partial charge in [0.15, 0.2) is 11.5 Å². The summed E-state index contributed by atoms with van der Waals surface area (Å²) >= 11 is 0. The van der Waals surface area contributed by atoms with Gasteiger partial charge >= 0.3 is 0 Å². The van der Waals surface area contributed by atoms with Crippen molar-refractivity contribution in [2.75, 3.05) is 27.3 Å². The lowest BCUT2D eigenvalue weighted by atomic mass is 9.83. The van der Waals surface area contributed by atoms with E-state index in [0.717, 1.165) is 31.5 Å². The Bertz CT molecular complexity index is 490. The molecule has 110 valence electrons. The molecule has 0 bridgehead atoms. The first kappa shape index (κ1) is 14.7. The standard InChI is InChI=1S/C16H23NO3/c1-16(2,15(18)17-9-5-6-10-17)12-7-8-13(19-3)14(11-12)20-4/h7-8,11H,5-6,9-10H2,1-4H3. The van der Waals surface area contributed by atoms with Crippen LogP contribution in [-0.2, 0) is 10.2 Å².